The average Bonchev–Trinajstić information content (AvgIpc) is 2.58. The van der Waals surface area contributed by atoms with E-state index in [1.807, 2.05) is 0 Å². The van der Waals surface area contributed by atoms with Crippen molar-refractivity contribution in [2.24, 2.45) is 29.1 Å². The van der Waals surface area contributed by atoms with Gasteiger partial charge in [-0.1, -0.05) is 26.7 Å². The summed E-state index contributed by atoms with van der Waals surface area (Å²) in [5.41, 5.74) is 0.876. The maximum Gasteiger partial charge on any atom is -0.0287 e. The molecule has 0 heteroatoms. The van der Waals surface area contributed by atoms with Gasteiger partial charge in [0.05, 0.1) is 0 Å². The number of rotatable bonds is 3. The van der Waals surface area contributed by atoms with E-state index in [1.54, 1.807) is 38.5 Å². The molecule has 0 aromatic carbocycles. The van der Waals surface area contributed by atoms with E-state index in [4.69, 9.17) is 0 Å². The lowest BCUT2D eigenvalue weighted by atomic mass is 9.66. The third-order valence-electron chi connectivity index (χ3n) is 4.94. The van der Waals surface area contributed by atoms with Gasteiger partial charge in [-0.25, -0.2) is 0 Å². The Morgan fingerprint density at radius 1 is 1.15 bits per heavy atom. The first-order valence-corrected chi connectivity index (χ1v) is 6.19. The molecule has 0 radical (unpaired) electrons. The molecule has 74 valence electrons. The van der Waals surface area contributed by atoms with Crippen LogP contribution in [-0.4, -0.2) is 0 Å². The Morgan fingerprint density at radius 3 is 2.31 bits per heavy atom. The predicted molar refractivity (Wildman–Crippen MR) is 55.4 cm³/mol. The molecule has 4 fully saturated rings. The number of hydrogen-bond donors (Lipinski definition) is 0. The van der Waals surface area contributed by atoms with E-state index < -0.39 is 0 Å². The second-order valence-electron chi connectivity index (χ2n) is 6.43. The first kappa shape index (κ1) is 8.32. The maximum absolute atomic E-state index is 2.43. The first-order valence-electron chi connectivity index (χ1n) is 6.19. The molecule has 0 spiro atoms. The minimum atomic E-state index is 0.876. The smallest absolute Gasteiger partial charge is 0.0287 e. The van der Waals surface area contributed by atoms with Crippen LogP contribution >= 0.6 is 0 Å². The Labute approximate surface area is 82.1 Å². The summed E-state index contributed by atoms with van der Waals surface area (Å²) in [7, 11) is 0. The van der Waals surface area contributed by atoms with Gasteiger partial charge < -0.3 is 0 Å². The molecule has 4 aliphatic rings. The van der Waals surface area contributed by atoms with Crippen LogP contribution < -0.4 is 0 Å². The van der Waals surface area contributed by atoms with Crippen LogP contribution in [-0.2, 0) is 0 Å². The van der Waals surface area contributed by atoms with E-state index in [1.165, 1.54) is 0 Å². The molecule has 1 atom stereocenters. The number of fused-ring (bicyclic) bond motifs is 1. The molecule has 13 heavy (non-hydrogen) atoms. The van der Waals surface area contributed by atoms with Crippen molar-refractivity contribution >= 4 is 0 Å². The zero-order valence-electron chi connectivity index (χ0n) is 9.05. The lowest BCUT2D eigenvalue weighted by Crippen LogP contribution is -2.28. The minimum absolute atomic E-state index is 0.876. The summed E-state index contributed by atoms with van der Waals surface area (Å²) in [4.78, 5) is 0. The predicted octanol–water partition coefficient (Wildman–Crippen LogP) is 3.86. The van der Waals surface area contributed by atoms with E-state index in [-0.39, 0.29) is 0 Å². The van der Waals surface area contributed by atoms with Crippen molar-refractivity contribution in [1.82, 2.24) is 0 Å². The van der Waals surface area contributed by atoms with E-state index in [2.05, 4.69) is 13.8 Å². The van der Waals surface area contributed by atoms with Crippen LogP contribution in [0.1, 0.15) is 52.4 Å². The third-order valence-corrected chi connectivity index (χ3v) is 4.94. The Morgan fingerprint density at radius 2 is 1.85 bits per heavy atom. The van der Waals surface area contributed by atoms with E-state index in [0.29, 0.717) is 0 Å². The molecule has 2 bridgehead atoms. The lowest BCUT2D eigenvalue weighted by Gasteiger charge is -2.39. The SMILES string of the molecule is CC(C)C1CC2(CC3CC3)CC1C2. The lowest BCUT2D eigenvalue weighted by molar-refractivity contribution is 0.115. The zero-order valence-corrected chi connectivity index (χ0v) is 9.05. The highest BCUT2D eigenvalue weighted by molar-refractivity contribution is 5.07. The first-order chi connectivity index (χ1) is 6.19. The van der Waals surface area contributed by atoms with Gasteiger partial charge in [0.25, 0.3) is 0 Å². The van der Waals surface area contributed by atoms with Gasteiger partial charge in [0.2, 0.25) is 0 Å². The van der Waals surface area contributed by atoms with E-state index in [0.717, 1.165) is 29.1 Å². The quantitative estimate of drug-likeness (QED) is 0.615. The number of hydrogen-bond acceptors (Lipinski definition) is 0. The molecule has 0 N–H and O–H groups in total. The van der Waals surface area contributed by atoms with Gasteiger partial charge in [0.1, 0.15) is 0 Å². The molecule has 0 heterocycles. The van der Waals surface area contributed by atoms with Crippen molar-refractivity contribution < 1.29 is 0 Å². The molecule has 0 aromatic heterocycles. The van der Waals surface area contributed by atoms with E-state index in [9.17, 15) is 0 Å². The van der Waals surface area contributed by atoms with E-state index >= 15 is 0 Å². The molecule has 0 saturated heterocycles. The van der Waals surface area contributed by atoms with Crippen molar-refractivity contribution in [3.8, 4) is 0 Å². The highest BCUT2D eigenvalue weighted by Gasteiger charge is 2.57. The minimum Gasteiger partial charge on any atom is -0.0625 e. The van der Waals surface area contributed by atoms with Crippen molar-refractivity contribution in [3.63, 3.8) is 0 Å². The van der Waals surface area contributed by atoms with Gasteiger partial charge in [-0.15, -0.1) is 0 Å². The van der Waals surface area contributed by atoms with Crippen molar-refractivity contribution in [2.75, 3.05) is 0 Å². The Bertz CT molecular complexity index is 206. The normalized spacial score (nSPS) is 48.2. The summed E-state index contributed by atoms with van der Waals surface area (Å²) < 4.78 is 0. The van der Waals surface area contributed by atoms with Crippen LogP contribution in [0.3, 0.4) is 0 Å². The fraction of sp³-hybridized carbons (Fsp3) is 1.00. The van der Waals surface area contributed by atoms with Crippen molar-refractivity contribution in [2.45, 2.75) is 52.4 Å². The summed E-state index contributed by atoms with van der Waals surface area (Å²) in [6.07, 6.45) is 9.51. The topological polar surface area (TPSA) is 0 Å². The van der Waals surface area contributed by atoms with Crippen LogP contribution in [0.5, 0.6) is 0 Å². The molecule has 0 amide bonds. The second-order valence-corrected chi connectivity index (χ2v) is 6.43. The average molecular weight is 178 g/mol. The van der Waals surface area contributed by atoms with Crippen LogP contribution in [0.15, 0.2) is 0 Å². The molecule has 4 rings (SSSR count). The van der Waals surface area contributed by atoms with Gasteiger partial charge in [-0.2, -0.15) is 0 Å². The van der Waals surface area contributed by atoms with Gasteiger partial charge in [-0.05, 0) is 54.8 Å². The molecule has 4 saturated carbocycles. The standard InChI is InChI=1S/C13H22/c1-9(2)12-8-13(5-10-3-4-10)6-11(12)7-13/h9-12H,3-8H2,1-2H3. The van der Waals surface area contributed by atoms with Crippen LogP contribution in [0.25, 0.3) is 0 Å². The summed E-state index contributed by atoms with van der Waals surface area (Å²) in [5, 5.41) is 0. The monoisotopic (exact) mass is 178 g/mol. The Balaban J connectivity index is 1.64. The molecular formula is C13H22. The van der Waals surface area contributed by atoms with Crippen LogP contribution in [0.2, 0.25) is 0 Å². The van der Waals surface area contributed by atoms with Crippen LogP contribution in [0, 0.1) is 29.1 Å². The molecule has 0 aliphatic heterocycles. The molecule has 4 aliphatic carbocycles. The maximum atomic E-state index is 2.43. The van der Waals surface area contributed by atoms with Crippen LogP contribution in [0.4, 0.5) is 0 Å². The van der Waals surface area contributed by atoms with Gasteiger partial charge in [0.15, 0.2) is 0 Å². The van der Waals surface area contributed by atoms with Gasteiger partial charge >= 0.3 is 0 Å². The van der Waals surface area contributed by atoms with Gasteiger partial charge in [-0.3, -0.25) is 0 Å². The Kier molecular flexibility index (Phi) is 1.61. The Hall–Kier alpha value is 0. The highest BCUT2D eigenvalue weighted by Crippen LogP contribution is 2.67. The van der Waals surface area contributed by atoms with Crippen molar-refractivity contribution in [1.29, 1.82) is 0 Å². The summed E-state index contributed by atoms with van der Waals surface area (Å²) in [6.45, 7) is 4.85. The van der Waals surface area contributed by atoms with Crippen molar-refractivity contribution in [3.05, 3.63) is 0 Å². The largest absolute Gasteiger partial charge is 0.0625 e. The fourth-order valence-corrected chi connectivity index (χ4v) is 4.15. The third kappa shape index (κ3) is 1.25. The fourth-order valence-electron chi connectivity index (χ4n) is 4.15. The molecule has 1 unspecified atom stereocenters. The summed E-state index contributed by atoms with van der Waals surface area (Å²) in [6, 6.07) is 0. The molecule has 0 aromatic rings. The zero-order chi connectivity index (χ0) is 9.05. The molecular weight excluding hydrogens is 156 g/mol. The summed E-state index contributed by atoms with van der Waals surface area (Å²) >= 11 is 0. The highest BCUT2D eigenvalue weighted by atomic mass is 14.6. The summed E-state index contributed by atoms with van der Waals surface area (Å²) in [5.74, 6) is 4.35. The molecule has 0 nitrogen and oxygen atoms in total. The van der Waals surface area contributed by atoms with Gasteiger partial charge in [0, 0.05) is 0 Å². The second kappa shape index (κ2) is 2.52.